The summed E-state index contributed by atoms with van der Waals surface area (Å²) >= 11 is 1.90. The number of amides is 1. The molecule has 1 fully saturated rings. The first kappa shape index (κ1) is 21.3. The molecule has 1 aliphatic rings. The minimum Gasteiger partial charge on any atom is -0.338 e. The third-order valence-electron chi connectivity index (χ3n) is 4.74. The average molecular weight is 399 g/mol. The van der Waals surface area contributed by atoms with Gasteiger partial charge < -0.3 is 4.90 Å². The fourth-order valence-electron chi connectivity index (χ4n) is 3.34. The molecule has 1 saturated heterocycles. The van der Waals surface area contributed by atoms with E-state index in [1.54, 1.807) is 18.2 Å². The van der Waals surface area contributed by atoms with E-state index in [2.05, 4.69) is 6.92 Å². The summed E-state index contributed by atoms with van der Waals surface area (Å²) in [5, 5.41) is 0.467. The largest absolute Gasteiger partial charge is 0.338 e. The summed E-state index contributed by atoms with van der Waals surface area (Å²) in [5.74, 6) is 0.981. The van der Waals surface area contributed by atoms with Crippen LogP contribution in [0.25, 0.3) is 0 Å². The highest BCUT2D eigenvalue weighted by atomic mass is 32.2. The molecule has 1 amide bonds. The van der Waals surface area contributed by atoms with Crippen LogP contribution in [0.1, 0.15) is 50.4 Å². The molecule has 1 unspecified atom stereocenters. The second-order valence-corrected chi connectivity index (χ2v) is 9.96. The number of thioether (sulfide) groups is 1. The molecule has 26 heavy (non-hydrogen) atoms. The summed E-state index contributed by atoms with van der Waals surface area (Å²) < 4.78 is 26.9. The van der Waals surface area contributed by atoms with Crippen molar-refractivity contribution >= 4 is 27.7 Å². The van der Waals surface area contributed by atoms with E-state index in [-0.39, 0.29) is 10.8 Å². The van der Waals surface area contributed by atoms with E-state index in [0.717, 1.165) is 38.1 Å². The zero-order valence-corrected chi connectivity index (χ0v) is 17.6. The van der Waals surface area contributed by atoms with Crippen LogP contribution in [0.4, 0.5) is 0 Å². The van der Waals surface area contributed by atoms with Crippen LogP contribution in [0.3, 0.4) is 0 Å². The average Bonchev–Trinajstić information content (AvgIpc) is 2.88. The summed E-state index contributed by atoms with van der Waals surface area (Å²) in [6.45, 7) is 8.09. The Morgan fingerprint density at radius 3 is 2.62 bits per heavy atom. The van der Waals surface area contributed by atoms with Gasteiger partial charge in [0.2, 0.25) is 10.0 Å². The Morgan fingerprint density at radius 2 is 1.96 bits per heavy atom. The van der Waals surface area contributed by atoms with Crippen LogP contribution in [0.15, 0.2) is 29.2 Å². The molecule has 1 aromatic rings. The summed E-state index contributed by atoms with van der Waals surface area (Å²) in [6, 6.07) is 6.49. The van der Waals surface area contributed by atoms with Crippen LogP contribution in [-0.2, 0) is 10.0 Å². The molecule has 0 aromatic heterocycles. The molecule has 0 N–H and O–H groups in total. The lowest BCUT2D eigenvalue weighted by Crippen LogP contribution is -2.36. The fraction of sp³-hybridized carbons (Fsp3) is 0.632. The normalized spacial score (nSPS) is 18.8. The van der Waals surface area contributed by atoms with Crippen molar-refractivity contribution in [1.82, 2.24) is 9.21 Å². The van der Waals surface area contributed by atoms with Gasteiger partial charge in [0.1, 0.15) is 0 Å². The second-order valence-electron chi connectivity index (χ2n) is 6.44. The van der Waals surface area contributed by atoms with Gasteiger partial charge in [0, 0.05) is 37.0 Å². The monoisotopic (exact) mass is 398 g/mol. The maximum absolute atomic E-state index is 13.0. The summed E-state index contributed by atoms with van der Waals surface area (Å²) in [5.41, 5.74) is 0.459. The molecule has 7 heteroatoms. The Kier molecular flexibility index (Phi) is 7.98. The van der Waals surface area contributed by atoms with E-state index in [1.165, 1.54) is 10.4 Å². The lowest BCUT2D eigenvalue weighted by molar-refractivity contribution is 0.0763. The lowest BCUT2D eigenvalue weighted by Gasteiger charge is -2.24. The topological polar surface area (TPSA) is 57.7 Å². The Hall–Kier alpha value is -1.05. The minimum atomic E-state index is -3.56. The molecule has 5 nitrogen and oxygen atoms in total. The molecule has 0 radical (unpaired) electrons. The number of hydrogen-bond donors (Lipinski definition) is 0. The highest BCUT2D eigenvalue weighted by Gasteiger charge is 2.26. The Labute approximate surface area is 162 Å². The first-order chi connectivity index (χ1) is 12.4. The molecule has 1 heterocycles. The molecular weight excluding hydrogens is 368 g/mol. The van der Waals surface area contributed by atoms with Crippen molar-refractivity contribution in [3.05, 3.63) is 29.8 Å². The number of likely N-dealkylation sites (tertiary alicyclic amines) is 1. The van der Waals surface area contributed by atoms with Crippen molar-refractivity contribution in [3.8, 4) is 0 Å². The van der Waals surface area contributed by atoms with Crippen molar-refractivity contribution in [3.63, 3.8) is 0 Å². The number of carbonyl (C=O) groups excluding carboxylic acids is 1. The molecule has 0 bridgehead atoms. The molecule has 1 aromatic carbocycles. The number of sulfonamides is 1. The van der Waals surface area contributed by atoms with E-state index >= 15 is 0 Å². The maximum atomic E-state index is 13.0. The van der Waals surface area contributed by atoms with Gasteiger partial charge in [-0.05, 0) is 36.8 Å². The molecular formula is C19H30N2O3S2. The van der Waals surface area contributed by atoms with Crippen LogP contribution in [0.2, 0.25) is 0 Å². The molecule has 146 valence electrons. The third kappa shape index (κ3) is 5.02. The molecule has 1 aliphatic heterocycles. The first-order valence-electron chi connectivity index (χ1n) is 9.45. The quantitative estimate of drug-likeness (QED) is 0.706. The van der Waals surface area contributed by atoms with Gasteiger partial charge in [-0.2, -0.15) is 16.1 Å². The maximum Gasteiger partial charge on any atom is 0.253 e. The lowest BCUT2D eigenvalue weighted by atomic mass is 10.2. The number of carbonyl (C=O) groups is 1. The number of benzene rings is 1. The van der Waals surface area contributed by atoms with E-state index in [1.807, 2.05) is 30.5 Å². The predicted octanol–water partition coefficient (Wildman–Crippen LogP) is 3.46. The van der Waals surface area contributed by atoms with Crippen molar-refractivity contribution < 1.29 is 13.2 Å². The Balaban J connectivity index is 2.24. The highest BCUT2D eigenvalue weighted by molar-refractivity contribution is 7.99. The smallest absolute Gasteiger partial charge is 0.253 e. The fourth-order valence-corrected chi connectivity index (χ4v) is 5.94. The first-order valence-corrected chi connectivity index (χ1v) is 11.9. The van der Waals surface area contributed by atoms with Crippen LogP contribution in [0, 0.1) is 0 Å². The summed E-state index contributed by atoms with van der Waals surface area (Å²) in [6.07, 6.45) is 3.28. The SMILES string of the molecule is CCSC1CCCCN(C(=O)c2cccc(S(=O)(=O)N(CC)CC)c2)C1. The predicted molar refractivity (Wildman–Crippen MR) is 108 cm³/mol. The number of rotatable bonds is 7. The van der Waals surface area contributed by atoms with Gasteiger partial charge >= 0.3 is 0 Å². The van der Waals surface area contributed by atoms with Crippen molar-refractivity contribution in [2.45, 2.75) is 50.2 Å². The van der Waals surface area contributed by atoms with Gasteiger partial charge in [0.25, 0.3) is 5.91 Å². The second kappa shape index (κ2) is 9.76. The van der Waals surface area contributed by atoms with Crippen molar-refractivity contribution in [2.24, 2.45) is 0 Å². The molecule has 1 atom stereocenters. The molecule has 0 aliphatic carbocycles. The summed E-state index contributed by atoms with van der Waals surface area (Å²) in [4.78, 5) is 15.1. The van der Waals surface area contributed by atoms with Gasteiger partial charge in [-0.3, -0.25) is 4.79 Å². The van der Waals surface area contributed by atoms with Crippen LogP contribution in [0.5, 0.6) is 0 Å². The third-order valence-corrected chi connectivity index (χ3v) is 7.98. The summed E-state index contributed by atoms with van der Waals surface area (Å²) in [7, 11) is -3.56. The van der Waals surface area contributed by atoms with Crippen LogP contribution < -0.4 is 0 Å². The van der Waals surface area contributed by atoms with Gasteiger partial charge in [-0.15, -0.1) is 0 Å². The van der Waals surface area contributed by atoms with Crippen molar-refractivity contribution in [2.75, 3.05) is 31.9 Å². The van der Waals surface area contributed by atoms with Gasteiger partial charge in [-0.25, -0.2) is 8.42 Å². The van der Waals surface area contributed by atoms with Crippen LogP contribution >= 0.6 is 11.8 Å². The molecule has 0 spiro atoms. The zero-order chi connectivity index (χ0) is 19.2. The van der Waals surface area contributed by atoms with Gasteiger partial charge in [0.05, 0.1) is 4.90 Å². The van der Waals surface area contributed by atoms with Gasteiger partial charge in [0.15, 0.2) is 0 Å². The minimum absolute atomic E-state index is 0.0646. The van der Waals surface area contributed by atoms with E-state index in [9.17, 15) is 13.2 Å². The van der Waals surface area contributed by atoms with Gasteiger partial charge in [-0.1, -0.05) is 33.3 Å². The highest BCUT2D eigenvalue weighted by Crippen LogP contribution is 2.24. The molecule has 0 saturated carbocycles. The number of hydrogen-bond acceptors (Lipinski definition) is 4. The number of nitrogens with zero attached hydrogens (tertiary/aromatic N) is 2. The Bertz CT molecular complexity index is 702. The van der Waals surface area contributed by atoms with Crippen LogP contribution in [-0.4, -0.2) is 60.7 Å². The standard InChI is InChI=1S/C19H30N2O3S2/c1-4-21(5-2)26(23,24)18-12-9-10-16(14-18)19(22)20-13-8-7-11-17(15-20)25-6-3/h9-10,12,14,17H,4-8,11,13,15H2,1-3H3. The van der Waals surface area contributed by atoms with E-state index < -0.39 is 10.0 Å². The molecule has 2 rings (SSSR count). The van der Waals surface area contributed by atoms with E-state index in [0.29, 0.717) is 23.9 Å². The van der Waals surface area contributed by atoms with Crippen molar-refractivity contribution in [1.29, 1.82) is 0 Å². The Morgan fingerprint density at radius 1 is 1.23 bits per heavy atom. The van der Waals surface area contributed by atoms with E-state index in [4.69, 9.17) is 0 Å². The zero-order valence-electron chi connectivity index (χ0n) is 16.0.